The van der Waals surface area contributed by atoms with E-state index in [-0.39, 0.29) is 53.2 Å². The Labute approximate surface area is 202 Å². The Bertz CT molecular complexity index is 1150. The fourth-order valence-electron chi connectivity index (χ4n) is 3.86. The Hall–Kier alpha value is -2.17. The maximum atomic E-state index is 13.5. The highest BCUT2D eigenvalue weighted by Crippen LogP contribution is 2.29. The van der Waals surface area contributed by atoms with Crippen LogP contribution in [0.25, 0.3) is 0 Å². The summed E-state index contributed by atoms with van der Waals surface area (Å²) < 4.78 is 39.3. The van der Waals surface area contributed by atoms with Crippen molar-refractivity contribution in [3.63, 3.8) is 0 Å². The third-order valence-corrected chi connectivity index (χ3v) is 8.50. The lowest BCUT2D eigenvalue weighted by molar-refractivity contribution is -0.0440. The predicted molar refractivity (Wildman–Crippen MR) is 127 cm³/mol. The molecular weight excluding hydrogens is 484 g/mol. The zero-order valence-electron chi connectivity index (χ0n) is 18.3. The first kappa shape index (κ1) is 24.0. The van der Waals surface area contributed by atoms with Gasteiger partial charge in [0.1, 0.15) is 10.7 Å². The van der Waals surface area contributed by atoms with Gasteiger partial charge in [0.25, 0.3) is 5.91 Å². The first-order valence-electron chi connectivity index (χ1n) is 10.5. The van der Waals surface area contributed by atoms with Crippen LogP contribution in [0.3, 0.4) is 0 Å². The van der Waals surface area contributed by atoms with Gasteiger partial charge < -0.3 is 14.1 Å². The minimum Gasteiger partial charge on any atom is -0.467 e. The minimum absolute atomic E-state index is 0.0780. The van der Waals surface area contributed by atoms with Crippen LogP contribution in [-0.4, -0.2) is 48.8 Å². The van der Waals surface area contributed by atoms with Crippen molar-refractivity contribution >= 4 is 38.9 Å². The number of carbonyl (C=O) groups is 1. The molecule has 10 heteroatoms. The van der Waals surface area contributed by atoms with Crippen LogP contribution in [0.4, 0.5) is 0 Å². The lowest BCUT2D eigenvalue weighted by Gasteiger charge is -2.34. The molecule has 2 atom stereocenters. The van der Waals surface area contributed by atoms with E-state index in [1.54, 1.807) is 40.7 Å². The monoisotopic (exact) mass is 508 g/mol. The van der Waals surface area contributed by atoms with Gasteiger partial charge in [-0.3, -0.25) is 4.79 Å². The molecule has 1 aliphatic heterocycles. The smallest absolute Gasteiger partial charge is 0.254 e. The number of carbonyl (C=O) groups excluding carboxylic acids is 1. The Morgan fingerprint density at radius 2 is 1.91 bits per heavy atom. The summed E-state index contributed by atoms with van der Waals surface area (Å²) in [7, 11) is -3.91. The Morgan fingerprint density at radius 1 is 1.15 bits per heavy atom. The summed E-state index contributed by atoms with van der Waals surface area (Å²) in [5.74, 6) is 0.328. The van der Waals surface area contributed by atoms with E-state index in [0.29, 0.717) is 12.3 Å². The van der Waals surface area contributed by atoms with E-state index in [0.717, 1.165) is 4.88 Å². The highest BCUT2D eigenvalue weighted by atomic mass is 35.5. The van der Waals surface area contributed by atoms with Crippen LogP contribution in [0.1, 0.15) is 34.8 Å². The second kappa shape index (κ2) is 9.99. The van der Waals surface area contributed by atoms with Crippen molar-refractivity contribution in [1.82, 2.24) is 9.21 Å². The largest absolute Gasteiger partial charge is 0.467 e. The maximum Gasteiger partial charge on any atom is 0.254 e. The number of furan rings is 1. The van der Waals surface area contributed by atoms with Gasteiger partial charge in [-0.2, -0.15) is 4.31 Å². The average Bonchev–Trinajstić information content (AvgIpc) is 3.47. The van der Waals surface area contributed by atoms with Gasteiger partial charge in [0.2, 0.25) is 10.0 Å². The summed E-state index contributed by atoms with van der Waals surface area (Å²) in [6.45, 7) is 4.75. The fraction of sp³-hybridized carbons (Fsp3) is 0.348. The van der Waals surface area contributed by atoms with Gasteiger partial charge in [0.15, 0.2) is 0 Å². The number of sulfonamides is 1. The third kappa shape index (κ3) is 5.50. The quantitative estimate of drug-likeness (QED) is 0.464. The van der Waals surface area contributed by atoms with Gasteiger partial charge in [-0.15, -0.1) is 11.3 Å². The minimum atomic E-state index is -3.91. The van der Waals surface area contributed by atoms with Gasteiger partial charge in [0.05, 0.1) is 36.6 Å². The lowest BCUT2D eigenvalue weighted by atomic mass is 10.2. The summed E-state index contributed by atoms with van der Waals surface area (Å²) >= 11 is 7.86. The normalized spacial score (nSPS) is 19.5. The molecule has 3 aromatic rings. The van der Waals surface area contributed by atoms with Gasteiger partial charge in [-0.25, -0.2) is 8.42 Å². The molecule has 4 rings (SSSR count). The van der Waals surface area contributed by atoms with E-state index in [2.05, 4.69) is 0 Å². The average molecular weight is 509 g/mol. The third-order valence-electron chi connectivity index (χ3n) is 5.32. The van der Waals surface area contributed by atoms with Crippen LogP contribution >= 0.6 is 22.9 Å². The summed E-state index contributed by atoms with van der Waals surface area (Å²) in [6, 6.07) is 11.8. The molecule has 2 aromatic heterocycles. The molecule has 0 saturated carbocycles. The standard InChI is InChI=1S/C23H25ClN2O5S2/c1-16-12-26(13-17(2)31-16)33(28,29)22-11-18(7-8-21(22)24)23(27)25(14-19-5-3-9-30-19)15-20-6-4-10-32-20/h3-11,16-17H,12-15H2,1-2H3/t16-,17+. The predicted octanol–water partition coefficient (Wildman–Crippen LogP) is 4.64. The molecule has 0 bridgehead atoms. The number of nitrogens with zero attached hydrogens (tertiary/aromatic N) is 2. The number of ether oxygens (including phenoxy) is 1. The summed E-state index contributed by atoms with van der Waals surface area (Å²) in [5, 5.41) is 2.02. The molecule has 0 aliphatic carbocycles. The first-order chi connectivity index (χ1) is 15.7. The summed E-state index contributed by atoms with van der Waals surface area (Å²) in [5.41, 5.74) is 0.246. The van der Waals surface area contributed by atoms with Gasteiger partial charge in [0, 0.05) is 23.5 Å². The van der Waals surface area contributed by atoms with Crippen LogP contribution < -0.4 is 0 Å². The van der Waals surface area contributed by atoms with Crippen molar-refractivity contribution in [2.45, 2.75) is 44.0 Å². The molecule has 1 aromatic carbocycles. The Kier molecular flexibility index (Phi) is 7.25. The second-order valence-corrected chi connectivity index (χ2v) is 11.4. The van der Waals surface area contributed by atoms with E-state index >= 15 is 0 Å². The van der Waals surface area contributed by atoms with Crippen LogP contribution in [0.15, 0.2) is 63.4 Å². The number of benzene rings is 1. The molecule has 1 fully saturated rings. The maximum absolute atomic E-state index is 13.5. The number of rotatable bonds is 7. The SMILES string of the molecule is C[C@@H]1CN(S(=O)(=O)c2cc(C(=O)N(Cc3ccco3)Cc3cccs3)ccc2Cl)C[C@H](C)O1. The topological polar surface area (TPSA) is 80.1 Å². The van der Waals surface area contributed by atoms with Crippen molar-refractivity contribution < 1.29 is 22.4 Å². The fourth-order valence-corrected chi connectivity index (χ4v) is 6.67. The van der Waals surface area contributed by atoms with Crippen molar-refractivity contribution in [3.8, 4) is 0 Å². The zero-order valence-corrected chi connectivity index (χ0v) is 20.7. The van der Waals surface area contributed by atoms with Crippen molar-refractivity contribution in [3.05, 3.63) is 75.3 Å². The van der Waals surface area contributed by atoms with E-state index in [1.807, 2.05) is 31.4 Å². The number of thiophene rings is 1. The molecule has 33 heavy (non-hydrogen) atoms. The number of amides is 1. The molecule has 1 amide bonds. The zero-order chi connectivity index (χ0) is 23.6. The molecule has 176 valence electrons. The van der Waals surface area contributed by atoms with Crippen molar-refractivity contribution in [2.75, 3.05) is 13.1 Å². The second-order valence-electron chi connectivity index (χ2n) is 8.04. The Morgan fingerprint density at radius 3 is 2.55 bits per heavy atom. The van der Waals surface area contributed by atoms with E-state index in [9.17, 15) is 13.2 Å². The van der Waals surface area contributed by atoms with Gasteiger partial charge >= 0.3 is 0 Å². The van der Waals surface area contributed by atoms with Crippen molar-refractivity contribution in [1.29, 1.82) is 0 Å². The van der Waals surface area contributed by atoms with Gasteiger partial charge in [-0.05, 0) is 55.6 Å². The number of hydrogen-bond donors (Lipinski definition) is 0. The van der Waals surface area contributed by atoms with Crippen LogP contribution in [-0.2, 0) is 27.8 Å². The number of morpholine rings is 1. The first-order valence-corrected chi connectivity index (χ1v) is 13.2. The van der Waals surface area contributed by atoms with E-state index in [4.69, 9.17) is 20.8 Å². The molecule has 1 saturated heterocycles. The highest BCUT2D eigenvalue weighted by molar-refractivity contribution is 7.89. The van der Waals surface area contributed by atoms with Crippen molar-refractivity contribution in [2.24, 2.45) is 0 Å². The molecule has 0 radical (unpaired) electrons. The lowest BCUT2D eigenvalue weighted by Crippen LogP contribution is -2.48. The molecule has 3 heterocycles. The van der Waals surface area contributed by atoms with Crippen LogP contribution in [0.2, 0.25) is 5.02 Å². The van der Waals surface area contributed by atoms with E-state index in [1.165, 1.54) is 16.4 Å². The summed E-state index contributed by atoms with van der Waals surface area (Å²) in [4.78, 5) is 16.0. The molecule has 0 spiro atoms. The number of halogens is 1. The molecule has 7 nitrogen and oxygen atoms in total. The molecule has 0 unspecified atom stereocenters. The van der Waals surface area contributed by atoms with E-state index < -0.39 is 10.0 Å². The van der Waals surface area contributed by atoms with Gasteiger partial charge in [-0.1, -0.05) is 17.7 Å². The molecular formula is C23H25ClN2O5S2. The highest BCUT2D eigenvalue weighted by Gasteiger charge is 2.34. The number of hydrogen-bond acceptors (Lipinski definition) is 6. The van der Waals surface area contributed by atoms with Crippen LogP contribution in [0, 0.1) is 0 Å². The van der Waals surface area contributed by atoms with Crippen LogP contribution in [0.5, 0.6) is 0 Å². The Balaban J connectivity index is 1.65. The summed E-state index contributed by atoms with van der Waals surface area (Å²) in [6.07, 6.45) is 1.09. The molecule has 1 aliphatic rings. The molecule has 0 N–H and O–H groups in total.